The van der Waals surface area contributed by atoms with Crippen LogP contribution in [0, 0.1) is 25.2 Å². The Morgan fingerprint density at radius 1 is 1.12 bits per heavy atom. The largest absolute Gasteiger partial charge is 0.444 e. The van der Waals surface area contributed by atoms with Crippen LogP contribution in [0.1, 0.15) is 52.9 Å². The van der Waals surface area contributed by atoms with E-state index < -0.39 is 0 Å². The normalized spacial score (nSPS) is 10.2. The maximum Gasteiger partial charge on any atom is 0.251 e. The molecular formula is C20H23N3O3. The predicted octanol–water partition coefficient (Wildman–Crippen LogP) is 3.70. The molecule has 0 aliphatic carbocycles. The average molecular weight is 353 g/mol. The van der Waals surface area contributed by atoms with Crippen LogP contribution in [0.25, 0.3) is 0 Å². The van der Waals surface area contributed by atoms with Gasteiger partial charge < -0.3 is 9.73 Å². The van der Waals surface area contributed by atoms with Crippen LogP contribution in [0.5, 0.6) is 0 Å². The highest BCUT2D eigenvalue weighted by Gasteiger charge is 2.16. The number of benzene rings is 1. The second-order valence-electron chi connectivity index (χ2n) is 6.08. The third-order valence-electron chi connectivity index (χ3n) is 4.15. The van der Waals surface area contributed by atoms with E-state index in [1.54, 1.807) is 26.0 Å². The number of rotatable bonds is 8. The molecule has 0 atom stereocenters. The van der Waals surface area contributed by atoms with Crippen molar-refractivity contribution >= 4 is 17.7 Å². The fourth-order valence-electron chi connectivity index (χ4n) is 2.52. The summed E-state index contributed by atoms with van der Waals surface area (Å²) in [5, 5.41) is 14.6. The van der Waals surface area contributed by atoms with Gasteiger partial charge in [0.25, 0.3) is 5.91 Å². The maximum absolute atomic E-state index is 12.0. The molecule has 2 amide bonds. The summed E-state index contributed by atoms with van der Waals surface area (Å²) >= 11 is 0. The number of nitriles is 1. The van der Waals surface area contributed by atoms with Gasteiger partial charge in [-0.25, -0.2) is 0 Å². The van der Waals surface area contributed by atoms with Crippen molar-refractivity contribution in [3.63, 3.8) is 0 Å². The summed E-state index contributed by atoms with van der Waals surface area (Å²) in [6.45, 7) is 4.12. The number of unbranched alkanes of at least 4 members (excludes halogenated alkanes) is 2. The Balaban J connectivity index is 1.64. The summed E-state index contributed by atoms with van der Waals surface area (Å²) in [5.74, 6) is 0.591. The number of anilines is 1. The molecular weight excluding hydrogens is 330 g/mol. The van der Waals surface area contributed by atoms with E-state index in [-0.39, 0.29) is 17.7 Å². The quantitative estimate of drug-likeness (QED) is 0.707. The van der Waals surface area contributed by atoms with Crippen LogP contribution in [-0.4, -0.2) is 18.4 Å². The van der Waals surface area contributed by atoms with E-state index in [2.05, 4.69) is 10.6 Å². The lowest BCUT2D eigenvalue weighted by atomic mass is 10.1. The number of furan rings is 1. The average Bonchev–Trinajstić information content (AvgIpc) is 2.91. The van der Waals surface area contributed by atoms with Crippen LogP contribution in [-0.2, 0) is 4.79 Å². The summed E-state index contributed by atoms with van der Waals surface area (Å²) < 4.78 is 5.42. The van der Waals surface area contributed by atoms with Crippen molar-refractivity contribution < 1.29 is 14.0 Å². The summed E-state index contributed by atoms with van der Waals surface area (Å²) in [7, 11) is 0. The van der Waals surface area contributed by atoms with Crippen LogP contribution < -0.4 is 10.6 Å². The zero-order valence-electron chi connectivity index (χ0n) is 15.1. The Bertz CT molecular complexity index is 804. The van der Waals surface area contributed by atoms with Crippen LogP contribution in [0.3, 0.4) is 0 Å². The molecule has 0 unspecified atom stereocenters. The van der Waals surface area contributed by atoms with E-state index in [0.29, 0.717) is 36.3 Å². The van der Waals surface area contributed by atoms with Crippen LogP contribution in [0.4, 0.5) is 5.88 Å². The molecule has 2 rings (SSSR count). The van der Waals surface area contributed by atoms with Gasteiger partial charge in [0.1, 0.15) is 17.4 Å². The lowest BCUT2D eigenvalue weighted by Crippen LogP contribution is -2.24. The van der Waals surface area contributed by atoms with E-state index in [0.717, 1.165) is 18.4 Å². The van der Waals surface area contributed by atoms with Gasteiger partial charge in [0.15, 0.2) is 0 Å². The number of carbonyl (C=O) groups is 2. The Morgan fingerprint density at radius 2 is 1.85 bits per heavy atom. The number of amides is 2. The smallest absolute Gasteiger partial charge is 0.251 e. The van der Waals surface area contributed by atoms with Crippen molar-refractivity contribution in [2.24, 2.45) is 0 Å². The highest BCUT2D eigenvalue weighted by Crippen LogP contribution is 2.25. The summed E-state index contributed by atoms with van der Waals surface area (Å²) in [6.07, 6.45) is 2.67. The molecule has 0 spiro atoms. The SMILES string of the molecule is Cc1oc(NC(=O)CCCCCNC(=O)c2ccccc2)c(C#N)c1C. The molecule has 1 aromatic heterocycles. The maximum atomic E-state index is 12.0. The second kappa shape index (κ2) is 9.42. The summed E-state index contributed by atoms with van der Waals surface area (Å²) in [5.41, 5.74) is 1.76. The minimum absolute atomic E-state index is 0.0871. The Morgan fingerprint density at radius 3 is 2.54 bits per heavy atom. The molecule has 0 aliphatic heterocycles. The number of hydrogen-bond acceptors (Lipinski definition) is 4. The van der Waals surface area contributed by atoms with Crippen LogP contribution in [0.15, 0.2) is 34.7 Å². The number of carbonyl (C=O) groups excluding carboxylic acids is 2. The fourth-order valence-corrected chi connectivity index (χ4v) is 2.52. The Hall–Kier alpha value is -3.07. The topological polar surface area (TPSA) is 95.1 Å². The van der Waals surface area contributed by atoms with Gasteiger partial charge in [-0.3, -0.25) is 14.9 Å². The van der Waals surface area contributed by atoms with Gasteiger partial charge in [-0.1, -0.05) is 24.6 Å². The highest BCUT2D eigenvalue weighted by atomic mass is 16.4. The van der Waals surface area contributed by atoms with E-state index >= 15 is 0 Å². The molecule has 0 aliphatic rings. The van der Waals surface area contributed by atoms with Crippen molar-refractivity contribution in [1.29, 1.82) is 5.26 Å². The van der Waals surface area contributed by atoms with E-state index in [9.17, 15) is 9.59 Å². The third-order valence-corrected chi connectivity index (χ3v) is 4.15. The molecule has 2 N–H and O–H groups in total. The number of nitrogens with zero attached hydrogens (tertiary/aromatic N) is 1. The Kier molecular flexibility index (Phi) is 6.98. The molecule has 1 aromatic carbocycles. The first kappa shape index (κ1) is 19.3. The van der Waals surface area contributed by atoms with Gasteiger partial charge in [-0.2, -0.15) is 5.26 Å². The van der Waals surface area contributed by atoms with Gasteiger partial charge in [-0.05, 0) is 38.8 Å². The second-order valence-corrected chi connectivity index (χ2v) is 6.08. The Labute approximate surface area is 153 Å². The molecule has 0 fully saturated rings. The first-order chi connectivity index (χ1) is 12.5. The molecule has 6 heteroatoms. The lowest BCUT2D eigenvalue weighted by molar-refractivity contribution is -0.116. The van der Waals surface area contributed by atoms with Gasteiger partial charge in [0.2, 0.25) is 11.8 Å². The van der Waals surface area contributed by atoms with Gasteiger partial charge >= 0.3 is 0 Å². The number of hydrogen-bond donors (Lipinski definition) is 2. The van der Waals surface area contributed by atoms with Gasteiger partial charge in [-0.15, -0.1) is 0 Å². The first-order valence-corrected chi connectivity index (χ1v) is 8.66. The molecule has 2 aromatic rings. The molecule has 0 radical (unpaired) electrons. The van der Waals surface area contributed by atoms with Crippen molar-refractivity contribution in [3.05, 3.63) is 52.8 Å². The standard InChI is InChI=1S/C20H23N3O3/c1-14-15(2)26-20(17(14)13-21)23-18(24)11-7-4-8-12-22-19(25)16-9-5-3-6-10-16/h3,5-6,9-10H,4,7-8,11-12H2,1-2H3,(H,22,25)(H,23,24). The highest BCUT2D eigenvalue weighted by molar-refractivity contribution is 5.94. The van der Waals surface area contributed by atoms with Gasteiger partial charge in [0, 0.05) is 24.1 Å². The lowest BCUT2D eigenvalue weighted by Gasteiger charge is -2.05. The number of aryl methyl sites for hydroxylation is 1. The minimum atomic E-state index is -0.177. The summed E-state index contributed by atoms with van der Waals surface area (Å²) in [6, 6.07) is 11.1. The van der Waals surface area contributed by atoms with Crippen molar-refractivity contribution in [2.75, 3.05) is 11.9 Å². The molecule has 0 bridgehead atoms. The zero-order chi connectivity index (χ0) is 18.9. The monoisotopic (exact) mass is 353 g/mol. The van der Waals surface area contributed by atoms with E-state index in [1.165, 1.54) is 0 Å². The van der Waals surface area contributed by atoms with E-state index in [1.807, 2.05) is 24.3 Å². The summed E-state index contributed by atoms with van der Waals surface area (Å²) in [4.78, 5) is 23.8. The molecule has 1 heterocycles. The van der Waals surface area contributed by atoms with Gasteiger partial charge in [0.05, 0.1) is 0 Å². The van der Waals surface area contributed by atoms with Crippen molar-refractivity contribution in [2.45, 2.75) is 39.5 Å². The van der Waals surface area contributed by atoms with E-state index in [4.69, 9.17) is 9.68 Å². The fraction of sp³-hybridized carbons (Fsp3) is 0.350. The molecule has 26 heavy (non-hydrogen) atoms. The molecule has 136 valence electrons. The van der Waals surface area contributed by atoms with Crippen LogP contribution >= 0.6 is 0 Å². The minimum Gasteiger partial charge on any atom is -0.444 e. The molecule has 6 nitrogen and oxygen atoms in total. The predicted molar refractivity (Wildman–Crippen MR) is 98.8 cm³/mol. The zero-order valence-corrected chi connectivity index (χ0v) is 15.1. The molecule has 0 saturated carbocycles. The first-order valence-electron chi connectivity index (χ1n) is 8.66. The van der Waals surface area contributed by atoms with Crippen LogP contribution in [0.2, 0.25) is 0 Å². The molecule has 0 saturated heterocycles. The number of nitrogens with one attached hydrogen (secondary N) is 2. The van der Waals surface area contributed by atoms with Crippen molar-refractivity contribution in [1.82, 2.24) is 5.32 Å². The van der Waals surface area contributed by atoms with Crippen molar-refractivity contribution in [3.8, 4) is 6.07 Å². The third kappa shape index (κ3) is 5.21.